The highest BCUT2D eigenvalue weighted by Gasteiger charge is 2.33. The molecule has 0 spiro atoms. The number of aromatic nitrogens is 5. The molecule has 3 aromatic heterocycles. The van der Waals surface area contributed by atoms with Gasteiger partial charge in [0.15, 0.2) is 0 Å². The first-order valence-electron chi connectivity index (χ1n) is 12.4. The van der Waals surface area contributed by atoms with Crippen molar-refractivity contribution in [3.63, 3.8) is 0 Å². The average molecular weight is 494 g/mol. The number of hydrogen-bond acceptors (Lipinski definition) is 7. The van der Waals surface area contributed by atoms with E-state index >= 15 is 0 Å². The Morgan fingerprint density at radius 2 is 1.95 bits per heavy atom. The Hall–Kier alpha value is -4.21. The normalized spacial score (nSPS) is 15.0. The number of carbonyl (C=O) groups excluding carboxylic acids is 1. The third-order valence-corrected chi connectivity index (χ3v) is 7.01. The van der Waals surface area contributed by atoms with Crippen molar-refractivity contribution in [3.05, 3.63) is 60.2 Å². The Labute approximate surface area is 215 Å². The van der Waals surface area contributed by atoms with E-state index in [1.807, 2.05) is 39.9 Å². The highest BCUT2D eigenvalue weighted by Crippen LogP contribution is 2.46. The Morgan fingerprint density at radius 3 is 2.70 bits per heavy atom. The number of benzene rings is 1. The summed E-state index contributed by atoms with van der Waals surface area (Å²) in [5.41, 5.74) is 6.43. The van der Waals surface area contributed by atoms with E-state index in [9.17, 15) is 4.79 Å². The van der Waals surface area contributed by atoms with E-state index in [1.165, 1.54) is 0 Å². The van der Waals surface area contributed by atoms with E-state index in [0.717, 1.165) is 63.6 Å². The minimum atomic E-state index is 0.0748. The fourth-order valence-electron chi connectivity index (χ4n) is 5.02. The maximum absolute atomic E-state index is 13.1. The summed E-state index contributed by atoms with van der Waals surface area (Å²) in [6.07, 6.45) is 5.91. The largest absolute Gasteiger partial charge is 0.494 e. The zero-order chi connectivity index (χ0) is 25.5. The maximum atomic E-state index is 13.1. The summed E-state index contributed by atoms with van der Waals surface area (Å²) in [6.45, 7) is 0.985. The minimum absolute atomic E-state index is 0.0748. The number of pyridine rings is 1. The van der Waals surface area contributed by atoms with Gasteiger partial charge in [-0.15, -0.1) is 0 Å². The molecule has 0 N–H and O–H groups in total. The van der Waals surface area contributed by atoms with Gasteiger partial charge in [-0.25, -0.2) is 14.6 Å². The Kier molecular flexibility index (Phi) is 5.86. The highest BCUT2D eigenvalue weighted by atomic mass is 16.5. The second-order valence-electron chi connectivity index (χ2n) is 9.46. The van der Waals surface area contributed by atoms with Crippen LogP contribution in [-0.4, -0.2) is 52.7 Å². The van der Waals surface area contributed by atoms with Crippen LogP contribution in [0.4, 0.5) is 5.82 Å². The van der Waals surface area contributed by atoms with Crippen molar-refractivity contribution in [3.8, 4) is 34.1 Å². The minimum Gasteiger partial charge on any atom is -0.494 e. The van der Waals surface area contributed by atoms with Crippen LogP contribution in [0.5, 0.6) is 11.6 Å². The molecule has 10 heteroatoms. The monoisotopic (exact) mass is 494 g/mol. The number of carbonyl (C=O) groups is 1. The molecule has 0 unspecified atom stereocenters. The fourth-order valence-corrected chi connectivity index (χ4v) is 5.02. The van der Waals surface area contributed by atoms with Gasteiger partial charge in [0.25, 0.3) is 0 Å². The molecule has 1 amide bonds. The Balaban J connectivity index is 1.34. The van der Waals surface area contributed by atoms with Crippen molar-refractivity contribution in [2.75, 3.05) is 19.1 Å². The number of anilines is 1. The molecular formula is C27H27BN6O3. The standard InChI is InChI=1S/C27H27BN6O3/c1-36-21-4-3-10-29-26(21)18-8-5-16(12-19(18)28)14-33-22-13-20(32-34(22)11-9-23(33)35)24-25(17-6-7-17)30-15-31-27(24)37-2/h3-5,8,10,12-13,15,17H,6-7,9,11,14,28H2,1-2H3. The van der Waals surface area contributed by atoms with Gasteiger partial charge in [-0.3, -0.25) is 14.7 Å². The van der Waals surface area contributed by atoms with Gasteiger partial charge < -0.3 is 9.47 Å². The van der Waals surface area contributed by atoms with Crippen LogP contribution in [0.15, 0.2) is 48.9 Å². The molecule has 0 bridgehead atoms. The third kappa shape index (κ3) is 4.22. The molecule has 9 nitrogen and oxygen atoms in total. The molecule has 1 fully saturated rings. The van der Waals surface area contributed by atoms with Crippen LogP contribution in [0.2, 0.25) is 0 Å². The number of ether oxygens (including phenoxy) is 2. The number of amides is 1. The van der Waals surface area contributed by atoms with Crippen LogP contribution in [0.3, 0.4) is 0 Å². The van der Waals surface area contributed by atoms with Crippen molar-refractivity contribution >= 4 is 25.0 Å². The van der Waals surface area contributed by atoms with E-state index in [-0.39, 0.29) is 5.91 Å². The SMILES string of the molecule is Bc1cc(CN2C(=O)CCn3nc(-c4c(OC)ncnc4C4CC4)cc32)ccc1-c1ncccc1OC. The molecule has 1 saturated carbocycles. The van der Waals surface area contributed by atoms with Crippen LogP contribution in [-0.2, 0) is 17.9 Å². The lowest BCUT2D eigenvalue weighted by Crippen LogP contribution is -2.37. The van der Waals surface area contributed by atoms with E-state index in [2.05, 4.69) is 28.9 Å². The van der Waals surface area contributed by atoms with Crippen LogP contribution in [0.25, 0.3) is 22.5 Å². The summed E-state index contributed by atoms with van der Waals surface area (Å²) in [5.74, 6) is 2.49. The molecule has 1 aromatic carbocycles. The molecule has 0 radical (unpaired) electrons. The highest BCUT2D eigenvalue weighted by molar-refractivity contribution is 6.36. The van der Waals surface area contributed by atoms with Crippen LogP contribution in [0.1, 0.15) is 36.4 Å². The third-order valence-electron chi connectivity index (χ3n) is 7.01. The zero-order valence-corrected chi connectivity index (χ0v) is 21.1. The van der Waals surface area contributed by atoms with Gasteiger partial charge >= 0.3 is 0 Å². The Bertz CT molecular complexity index is 1500. The molecule has 37 heavy (non-hydrogen) atoms. The van der Waals surface area contributed by atoms with Gasteiger partial charge in [0.05, 0.1) is 38.6 Å². The van der Waals surface area contributed by atoms with Crippen molar-refractivity contribution in [1.29, 1.82) is 0 Å². The summed E-state index contributed by atoms with van der Waals surface area (Å²) in [7, 11) is 5.31. The molecule has 4 aromatic rings. The molecule has 1 aliphatic carbocycles. The second kappa shape index (κ2) is 9.35. The summed E-state index contributed by atoms with van der Waals surface area (Å²) in [6, 6.07) is 11.9. The van der Waals surface area contributed by atoms with Gasteiger partial charge in [0.2, 0.25) is 11.8 Å². The molecular weight excluding hydrogens is 467 g/mol. The lowest BCUT2D eigenvalue weighted by Gasteiger charge is -2.27. The molecule has 0 saturated heterocycles. The Morgan fingerprint density at radius 1 is 1.08 bits per heavy atom. The van der Waals surface area contributed by atoms with E-state index in [1.54, 1.807) is 26.7 Å². The topological polar surface area (TPSA) is 95.3 Å². The number of nitrogens with zero attached hydrogens (tertiary/aromatic N) is 6. The van der Waals surface area contributed by atoms with E-state index < -0.39 is 0 Å². The maximum Gasteiger partial charge on any atom is 0.230 e. The molecule has 4 heterocycles. The van der Waals surface area contributed by atoms with Gasteiger partial charge in [0, 0.05) is 24.6 Å². The first kappa shape index (κ1) is 23.2. The predicted molar refractivity (Wildman–Crippen MR) is 142 cm³/mol. The van der Waals surface area contributed by atoms with Gasteiger partial charge in [-0.1, -0.05) is 23.7 Å². The molecule has 0 atom stereocenters. The molecule has 1 aliphatic heterocycles. The number of aryl methyl sites for hydroxylation is 1. The summed E-state index contributed by atoms with van der Waals surface area (Å²) < 4.78 is 13.0. The number of rotatable bonds is 7. The van der Waals surface area contributed by atoms with Crippen molar-refractivity contribution in [2.24, 2.45) is 0 Å². The first-order valence-corrected chi connectivity index (χ1v) is 12.4. The second-order valence-corrected chi connectivity index (χ2v) is 9.46. The van der Waals surface area contributed by atoms with Crippen LogP contribution >= 0.6 is 0 Å². The average Bonchev–Trinajstić information content (AvgIpc) is 3.68. The molecule has 186 valence electrons. The number of fused-ring (bicyclic) bond motifs is 1. The van der Waals surface area contributed by atoms with Gasteiger partial charge in [-0.05, 0) is 36.1 Å². The summed E-state index contributed by atoms with van der Waals surface area (Å²) in [4.78, 5) is 28.3. The summed E-state index contributed by atoms with van der Waals surface area (Å²) in [5, 5.41) is 4.86. The number of methoxy groups -OCH3 is 2. The molecule has 6 rings (SSSR count). The lowest BCUT2D eigenvalue weighted by atomic mass is 9.87. The van der Waals surface area contributed by atoms with Crippen molar-refractivity contribution in [1.82, 2.24) is 24.7 Å². The lowest BCUT2D eigenvalue weighted by molar-refractivity contribution is -0.119. The fraction of sp³-hybridized carbons (Fsp3) is 0.296. The van der Waals surface area contributed by atoms with Crippen LogP contribution in [0, 0.1) is 0 Å². The quantitative estimate of drug-likeness (QED) is 0.365. The predicted octanol–water partition coefficient (Wildman–Crippen LogP) is 2.49. The van der Waals surface area contributed by atoms with Gasteiger partial charge in [0.1, 0.15) is 37.1 Å². The number of hydrogen-bond donors (Lipinski definition) is 0. The zero-order valence-electron chi connectivity index (χ0n) is 21.1. The van der Waals surface area contributed by atoms with Crippen molar-refractivity contribution < 1.29 is 14.3 Å². The first-order chi connectivity index (χ1) is 18.1. The molecule has 2 aliphatic rings. The van der Waals surface area contributed by atoms with Crippen molar-refractivity contribution in [2.45, 2.75) is 38.3 Å². The van der Waals surface area contributed by atoms with Crippen LogP contribution < -0.4 is 19.8 Å². The van der Waals surface area contributed by atoms with E-state index in [4.69, 9.17) is 14.6 Å². The van der Waals surface area contributed by atoms with Gasteiger partial charge in [-0.2, -0.15) is 5.10 Å². The van der Waals surface area contributed by atoms with E-state index in [0.29, 0.717) is 31.3 Å². The summed E-state index contributed by atoms with van der Waals surface area (Å²) >= 11 is 0. The smallest absolute Gasteiger partial charge is 0.230 e.